The van der Waals surface area contributed by atoms with Crippen LogP contribution in [0.15, 0.2) is 66.0 Å². The highest BCUT2D eigenvalue weighted by Crippen LogP contribution is 2.57. The third-order valence-corrected chi connectivity index (χ3v) is 10.6. The number of allylic oxidation sites excluding steroid dienone is 2. The normalized spacial score (nSPS) is 17.4. The van der Waals surface area contributed by atoms with Gasteiger partial charge in [-0.1, -0.05) is 38.1 Å². The quantitative estimate of drug-likeness (QED) is 0.0913. The van der Waals surface area contributed by atoms with Gasteiger partial charge >= 0.3 is 5.97 Å². The van der Waals surface area contributed by atoms with E-state index in [0.717, 1.165) is 67.4 Å². The Morgan fingerprint density at radius 3 is 2.40 bits per heavy atom. The second kappa shape index (κ2) is 13.3. The van der Waals surface area contributed by atoms with Gasteiger partial charge in [0, 0.05) is 39.7 Å². The third kappa shape index (κ3) is 6.46. The maximum Gasteiger partial charge on any atom is 0.331 e. The lowest BCUT2D eigenvalue weighted by molar-refractivity contribution is -0.137. The van der Waals surface area contributed by atoms with Crippen LogP contribution < -0.4 is 9.64 Å². The van der Waals surface area contributed by atoms with Crippen LogP contribution in [-0.2, 0) is 19.9 Å². The molecule has 4 heterocycles. The molecule has 0 saturated carbocycles. The predicted octanol–water partition coefficient (Wildman–Crippen LogP) is 8.95. The molecule has 1 atom stereocenters. The number of benzene rings is 1. The summed E-state index contributed by atoms with van der Waals surface area (Å²) in [5, 5.41) is 29.2. The Kier molecular flexibility index (Phi) is 9.45. The van der Waals surface area contributed by atoms with Crippen molar-refractivity contribution in [2.24, 2.45) is 0 Å². The van der Waals surface area contributed by atoms with Gasteiger partial charge in [-0.25, -0.2) is 4.79 Å². The van der Waals surface area contributed by atoms with E-state index >= 15 is 0 Å². The van der Waals surface area contributed by atoms with Crippen molar-refractivity contribution in [1.29, 1.82) is 15.8 Å². The molecule has 0 spiro atoms. The summed E-state index contributed by atoms with van der Waals surface area (Å²) in [6.45, 7) is 11.5. The maximum absolute atomic E-state index is 11.4. The van der Waals surface area contributed by atoms with Gasteiger partial charge in [-0.05, 0) is 69.5 Å². The van der Waals surface area contributed by atoms with Gasteiger partial charge in [-0.15, -0.1) is 22.7 Å². The van der Waals surface area contributed by atoms with E-state index < -0.39 is 17.2 Å². The van der Waals surface area contributed by atoms with Crippen LogP contribution in [0.3, 0.4) is 0 Å². The first-order valence-corrected chi connectivity index (χ1v) is 16.8. The van der Waals surface area contributed by atoms with Gasteiger partial charge in [-0.2, -0.15) is 15.8 Å². The molecule has 0 bridgehead atoms. The minimum atomic E-state index is -0.926. The first-order valence-electron chi connectivity index (χ1n) is 15.1. The van der Waals surface area contributed by atoms with Gasteiger partial charge in [0.05, 0.1) is 9.75 Å². The first kappa shape index (κ1) is 33.3. The van der Waals surface area contributed by atoms with Crippen LogP contribution in [0.25, 0.3) is 27.5 Å². The highest BCUT2D eigenvalue weighted by molar-refractivity contribution is 7.23. The van der Waals surface area contributed by atoms with E-state index in [1.165, 1.54) is 11.3 Å². The van der Waals surface area contributed by atoms with E-state index in [2.05, 4.69) is 44.7 Å². The largest absolute Gasteiger partial charge is 0.481 e. The van der Waals surface area contributed by atoms with Gasteiger partial charge in [0.2, 0.25) is 0 Å². The van der Waals surface area contributed by atoms with Crippen molar-refractivity contribution < 1.29 is 19.0 Å². The molecule has 0 aliphatic carbocycles. The summed E-state index contributed by atoms with van der Waals surface area (Å²) >= 11 is 3.23. The number of rotatable bonds is 10. The lowest BCUT2D eigenvalue weighted by atomic mass is 9.88. The SMILES string of the molecule is C=CC(=O)OCN(C)c1ccc(/C=C/c2cc3c(s2)-c2sc(C4=C(C#N)C(=C(C#N)C#N)OC4(C)C)cc2OC3(C)CCCC)cc1. The number of carbonyl (C=O) groups is 1. The Hall–Kier alpha value is -5.08. The highest BCUT2D eigenvalue weighted by atomic mass is 32.1. The van der Waals surface area contributed by atoms with Crippen molar-refractivity contribution in [3.63, 3.8) is 0 Å². The zero-order chi connectivity index (χ0) is 33.9. The Labute approximate surface area is 283 Å². The average Bonchev–Trinajstić information content (AvgIpc) is 3.75. The first-order chi connectivity index (χ1) is 22.5. The summed E-state index contributed by atoms with van der Waals surface area (Å²) < 4.78 is 18.0. The van der Waals surface area contributed by atoms with Crippen LogP contribution in [-0.4, -0.2) is 25.3 Å². The topological polar surface area (TPSA) is 119 Å². The Balaban J connectivity index is 1.50. The van der Waals surface area contributed by atoms with Crippen LogP contribution in [0.2, 0.25) is 0 Å². The average molecular weight is 663 g/mol. The molecule has 8 nitrogen and oxygen atoms in total. The molecule has 2 aliphatic rings. The molecule has 0 radical (unpaired) electrons. The Morgan fingerprint density at radius 2 is 1.77 bits per heavy atom. The minimum Gasteiger partial charge on any atom is -0.481 e. The van der Waals surface area contributed by atoms with Gasteiger partial charge in [0.1, 0.15) is 40.7 Å². The fourth-order valence-corrected chi connectivity index (χ4v) is 8.31. The zero-order valence-corrected chi connectivity index (χ0v) is 28.6. The molecule has 2 aromatic heterocycles. The number of esters is 1. The van der Waals surface area contributed by atoms with Crippen LogP contribution in [0.1, 0.15) is 67.8 Å². The number of carbonyl (C=O) groups excluding carboxylic acids is 1. The van der Waals surface area contributed by atoms with Crippen molar-refractivity contribution in [2.75, 3.05) is 18.7 Å². The number of fused-ring (bicyclic) bond motifs is 3. The standard InChI is InChI=1S/C37H34N4O4S2/c1-7-9-16-37(5)28-17-26(15-12-23-10-13-25(14-11-23)41(6)22-43-31(42)8-2)46-34(28)35-29(44-37)18-30(47-35)32-27(21-40)33(24(19-38)20-39)45-36(32,3)4/h8,10-15,17-18H,2,7,9,16,22H2,1,3-6H3/b15-12+. The monoisotopic (exact) mass is 662 g/mol. The molecule has 47 heavy (non-hydrogen) atoms. The van der Waals surface area contributed by atoms with E-state index in [1.54, 1.807) is 11.3 Å². The van der Waals surface area contributed by atoms with Gasteiger partial charge in [0.25, 0.3) is 0 Å². The summed E-state index contributed by atoms with van der Waals surface area (Å²) in [5.41, 5.74) is 2.24. The predicted molar refractivity (Wildman–Crippen MR) is 186 cm³/mol. The number of thiophene rings is 2. The van der Waals surface area contributed by atoms with Crippen molar-refractivity contribution in [2.45, 2.75) is 58.2 Å². The molecule has 0 N–H and O–H groups in total. The van der Waals surface area contributed by atoms with E-state index in [0.29, 0.717) is 5.57 Å². The van der Waals surface area contributed by atoms with Gasteiger partial charge in [0.15, 0.2) is 18.1 Å². The molecule has 0 saturated heterocycles. The van der Waals surface area contributed by atoms with E-state index in [-0.39, 0.29) is 23.6 Å². The molecule has 3 aromatic rings. The summed E-state index contributed by atoms with van der Waals surface area (Å²) in [6, 6.07) is 18.1. The van der Waals surface area contributed by atoms with Gasteiger partial charge in [-0.3, -0.25) is 0 Å². The Morgan fingerprint density at radius 1 is 1.04 bits per heavy atom. The summed E-state index contributed by atoms with van der Waals surface area (Å²) in [5.74, 6) is 0.317. The molecule has 1 aromatic carbocycles. The summed E-state index contributed by atoms with van der Waals surface area (Å²) in [4.78, 5) is 17.2. The number of nitrogens with zero attached hydrogens (tertiary/aromatic N) is 4. The molecule has 238 valence electrons. The Bertz CT molecular complexity index is 1940. The van der Waals surface area contributed by atoms with Crippen molar-refractivity contribution in [3.8, 4) is 33.7 Å². The highest BCUT2D eigenvalue weighted by Gasteiger charge is 2.44. The molecule has 0 fully saturated rings. The number of anilines is 1. The lowest BCUT2D eigenvalue weighted by Gasteiger charge is -2.34. The van der Waals surface area contributed by atoms with Crippen molar-refractivity contribution >= 4 is 52.1 Å². The van der Waals surface area contributed by atoms with Crippen LogP contribution >= 0.6 is 22.7 Å². The number of unbranched alkanes of at least 4 members (excludes halogenated alkanes) is 1. The third-order valence-electron chi connectivity index (χ3n) is 8.15. The van der Waals surface area contributed by atoms with Crippen LogP contribution in [0, 0.1) is 34.0 Å². The molecule has 10 heteroatoms. The number of hydrogen-bond donors (Lipinski definition) is 0. The fourth-order valence-electron chi connectivity index (χ4n) is 5.70. The number of hydrogen-bond acceptors (Lipinski definition) is 10. The number of nitriles is 3. The molecule has 1 unspecified atom stereocenters. The zero-order valence-electron chi connectivity index (χ0n) is 27.0. The maximum atomic E-state index is 11.4. The molecule has 5 rings (SSSR count). The number of ether oxygens (including phenoxy) is 3. The van der Waals surface area contributed by atoms with E-state index in [9.17, 15) is 20.6 Å². The lowest BCUT2D eigenvalue weighted by Crippen LogP contribution is -2.31. The molecule has 0 amide bonds. The fraction of sp³-hybridized carbons (Fsp3) is 0.297. The van der Waals surface area contributed by atoms with Crippen LogP contribution in [0.5, 0.6) is 5.75 Å². The molecular weight excluding hydrogens is 629 g/mol. The van der Waals surface area contributed by atoms with E-state index in [4.69, 9.17) is 14.2 Å². The smallest absolute Gasteiger partial charge is 0.331 e. The minimum absolute atomic E-state index is 0.0256. The van der Waals surface area contributed by atoms with Crippen LogP contribution in [0.4, 0.5) is 5.69 Å². The van der Waals surface area contributed by atoms with E-state index in [1.807, 2.05) is 68.3 Å². The summed E-state index contributed by atoms with van der Waals surface area (Å²) in [7, 11) is 1.85. The van der Waals surface area contributed by atoms with Gasteiger partial charge < -0.3 is 19.1 Å². The molecule has 2 aliphatic heterocycles. The second-order valence-corrected chi connectivity index (χ2v) is 14.1. The van der Waals surface area contributed by atoms with Crippen molar-refractivity contribution in [1.82, 2.24) is 0 Å². The second-order valence-electron chi connectivity index (χ2n) is 12.0. The van der Waals surface area contributed by atoms with Crippen molar-refractivity contribution in [3.05, 3.63) is 86.8 Å². The molecular formula is C37H34N4O4S2. The summed E-state index contributed by atoms with van der Waals surface area (Å²) in [6.07, 6.45) is 8.20.